The third-order valence-electron chi connectivity index (χ3n) is 2.37. The van der Waals surface area contributed by atoms with E-state index in [0.717, 1.165) is 0 Å². The van der Waals surface area contributed by atoms with Gasteiger partial charge in [-0.15, -0.1) is 0 Å². The molecule has 0 atom stereocenters. The third-order valence-corrected chi connectivity index (χ3v) is 2.37. The van der Waals surface area contributed by atoms with Crippen LogP contribution in [0.3, 0.4) is 0 Å². The number of hydrogen-bond donors (Lipinski definition) is 1. The highest BCUT2D eigenvalue weighted by molar-refractivity contribution is 5.82. The highest BCUT2D eigenvalue weighted by Crippen LogP contribution is 2.27. The Kier molecular flexibility index (Phi) is 3.06. The molecule has 0 amide bonds. The minimum atomic E-state index is -1.82. The molecular formula is C11H9F4NO. The average molecular weight is 247 g/mol. The van der Waals surface area contributed by atoms with Crippen molar-refractivity contribution in [2.24, 2.45) is 0 Å². The van der Waals surface area contributed by atoms with Crippen molar-refractivity contribution in [2.45, 2.75) is 13.5 Å². The minimum Gasteiger partial charge on any atom is -0.376 e. The van der Waals surface area contributed by atoms with Gasteiger partial charge >= 0.3 is 0 Å². The molecule has 17 heavy (non-hydrogen) atoms. The van der Waals surface area contributed by atoms with Crippen LogP contribution >= 0.6 is 0 Å². The Morgan fingerprint density at radius 3 is 2.35 bits per heavy atom. The highest BCUT2D eigenvalue weighted by atomic mass is 19.2. The van der Waals surface area contributed by atoms with Crippen LogP contribution in [0.5, 0.6) is 0 Å². The molecular weight excluding hydrogens is 238 g/mol. The second kappa shape index (κ2) is 4.37. The molecule has 0 aliphatic rings. The predicted molar refractivity (Wildman–Crippen MR) is 53.5 cm³/mol. The van der Waals surface area contributed by atoms with Crippen LogP contribution in [-0.2, 0) is 11.3 Å². The Labute approximate surface area is 94.2 Å². The summed E-state index contributed by atoms with van der Waals surface area (Å²) < 4.78 is 57.6. The van der Waals surface area contributed by atoms with Crippen molar-refractivity contribution in [3.63, 3.8) is 0 Å². The second-order valence-electron chi connectivity index (χ2n) is 3.48. The second-order valence-corrected chi connectivity index (χ2v) is 3.48. The zero-order valence-electron chi connectivity index (χ0n) is 8.91. The van der Waals surface area contributed by atoms with Crippen LogP contribution in [0.15, 0.2) is 6.07 Å². The lowest BCUT2D eigenvalue weighted by Crippen LogP contribution is -1.96. The van der Waals surface area contributed by atoms with Gasteiger partial charge in [-0.1, -0.05) is 0 Å². The van der Waals surface area contributed by atoms with Crippen LogP contribution in [-0.4, -0.2) is 11.6 Å². The van der Waals surface area contributed by atoms with Gasteiger partial charge in [0.25, 0.3) is 0 Å². The van der Waals surface area contributed by atoms with Crippen LogP contribution in [0.4, 0.5) is 17.6 Å². The number of hydrogen-bond acceptors (Lipinski definition) is 1. The van der Waals surface area contributed by atoms with E-state index in [9.17, 15) is 17.6 Å². The normalized spacial score (nSPS) is 11.4. The first-order valence-corrected chi connectivity index (χ1v) is 4.97. The number of fused-ring (bicyclic) bond motifs is 1. The fourth-order valence-corrected chi connectivity index (χ4v) is 1.57. The molecule has 0 unspecified atom stereocenters. The molecule has 1 aromatic carbocycles. The molecule has 2 nitrogen and oxygen atoms in total. The van der Waals surface area contributed by atoms with Crippen molar-refractivity contribution >= 4 is 10.9 Å². The Balaban J connectivity index is 2.60. The molecule has 2 rings (SSSR count). The van der Waals surface area contributed by atoms with Crippen LogP contribution in [0.25, 0.3) is 10.9 Å². The number of nitrogens with one attached hydrogen (secondary N) is 1. The van der Waals surface area contributed by atoms with E-state index in [1.54, 1.807) is 6.92 Å². The molecule has 0 aliphatic heterocycles. The van der Waals surface area contributed by atoms with Gasteiger partial charge in [-0.25, -0.2) is 17.6 Å². The summed E-state index contributed by atoms with van der Waals surface area (Å²) in [5, 5.41) is -0.323. The van der Waals surface area contributed by atoms with Crippen LogP contribution in [0.1, 0.15) is 12.6 Å². The van der Waals surface area contributed by atoms with Gasteiger partial charge in [0.2, 0.25) is 0 Å². The summed E-state index contributed by atoms with van der Waals surface area (Å²) >= 11 is 0. The van der Waals surface area contributed by atoms with E-state index in [-0.39, 0.29) is 12.0 Å². The van der Waals surface area contributed by atoms with Gasteiger partial charge in [-0.05, 0) is 13.0 Å². The number of aromatic amines is 1. The number of halogens is 4. The SMILES string of the molecule is CCOCc1cc2c(F)c(F)c(F)c(F)c2[nH]1. The van der Waals surface area contributed by atoms with Gasteiger partial charge in [0.05, 0.1) is 12.1 Å². The monoisotopic (exact) mass is 247 g/mol. The molecule has 0 aliphatic carbocycles. The summed E-state index contributed by atoms with van der Waals surface area (Å²) in [4.78, 5) is 2.46. The van der Waals surface area contributed by atoms with E-state index >= 15 is 0 Å². The molecule has 92 valence electrons. The van der Waals surface area contributed by atoms with Crippen molar-refractivity contribution in [1.29, 1.82) is 0 Å². The Bertz CT molecular complexity index is 519. The lowest BCUT2D eigenvalue weighted by molar-refractivity contribution is 0.132. The molecule has 1 heterocycles. The lowest BCUT2D eigenvalue weighted by atomic mass is 10.2. The van der Waals surface area contributed by atoms with Crippen LogP contribution in [0.2, 0.25) is 0 Å². The molecule has 6 heteroatoms. The summed E-state index contributed by atoms with van der Waals surface area (Å²) in [6, 6.07) is 1.20. The van der Waals surface area contributed by atoms with Gasteiger partial charge < -0.3 is 9.72 Å². The first-order valence-electron chi connectivity index (χ1n) is 4.97. The Hall–Kier alpha value is -1.56. The topological polar surface area (TPSA) is 25.0 Å². The number of benzene rings is 1. The van der Waals surface area contributed by atoms with Gasteiger partial charge in [-0.2, -0.15) is 0 Å². The fourth-order valence-electron chi connectivity index (χ4n) is 1.57. The van der Waals surface area contributed by atoms with Gasteiger partial charge in [0.15, 0.2) is 23.3 Å². The fraction of sp³-hybridized carbons (Fsp3) is 0.273. The van der Waals surface area contributed by atoms with Crippen molar-refractivity contribution in [3.05, 3.63) is 35.0 Å². The molecule has 0 bridgehead atoms. The standard InChI is InChI=1S/C11H9F4NO/c1-2-17-4-5-3-6-7(12)8(13)9(14)10(15)11(6)16-5/h3,16H,2,4H2,1H3. The molecule has 2 aromatic rings. The maximum absolute atomic E-state index is 13.3. The predicted octanol–water partition coefficient (Wildman–Crippen LogP) is 3.26. The molecule has 0 spiro atoms. The van der Waals surface area contributed by atoms with Crippen molar-refractivity contribution in [2.75, 3.05) is 6.61 Å². The number of rotatable bonds is 3. The smallest absolute Gasteiger partial charge is 0.199 e. The lowest BCUT2D eigenvalue weighted by Gasteiger charge is -1.99. The van der Waals surface area contributed by atoms with E-state index in [2.05, 4.69) is 4.98 Å². The summed E-state index contributed by atoms with van der Waals surface area (Å²) in [5.74, 6) is -6.46. The molecule has 0 saturated carbocycles. The molecule has 0 fully saturated rings. The Morgan fingerprint density at radius 1 is 1.06 bits per heavy atom. The van der Waals surface area contributed by atoms with E-state index in [0.29, 0.717) is 12.3 Å². The van der Waals surface area contributed by atoms with E-state index < -0.39 is 28.8 Å². The summed E-state index contributed by atoms with van der Waals surface area (Å²) in [7, 11) is 0. The summed E-state index contributed by atoms with van der Waals surface area (Å²) in [6.07, 6.45) is 0. The number of H-pyrrole nitrogens is 1. The van der Waals surface area contributed by atoms with Crippen LogP contribution < -0.4 is 0 Å². The molecule has 1 aromatic heterocycles. The number of ether oxygens (including phenoxy) is 1. The molecule has 0 saturated heterocycles. The maximum Gasteiger partial charge on any atom is 0.199 e. The Morgan fingerprint density at radius 2 is 1.71 bits per heavy atom. The average Bonchev–Trinajstić information content (AvgIpc) is 2.75. The summed E-state index contributed by atoms with van der Waals surface area (Å²) in [5.41, 5.74) is -0.0410. The minimum absolute atomic E-state index is 0.0906. The van der Waals surface area contributed by atoms with Crippen molar-refractivity contribution in [1.82, 2.24) is 4.98 Å². The molecule has 0 radical (unpaired) electrons. The maximum atomic E-state index is 13.3. The largest absolute Gasteiger partial charge is 0.376 e. The van der Waals surface area contributed by atoms with Gasteiger partial charge in [-0.3, -0.25) is 0 Å². The summed E-state index contributed by atoms with van der Waals surface area (Å²) in [6.45, 7) is 2.26. The van der Waals surface area contributed by atoms with Crippen molar-refractivity contribution < 1.29 is 22.3 Å². The van der Waals surface area contributed by atoms with E-state index in [4.69, 9.17) is 4.74 Å². The van der Waals surface area contributed by atoms with E-state index in [1.165, 1.54) is 6.07 Å². The van der Waals surface area contributed by atoms with Gasteiger partial charge in [0.1, 0.15) is 0 Å². The van der Waals surface area contributed by atoms with E-state index in [1.807, 2.05) is 0 Å². The van der Waals surface area contributed by atoms with Crippen LogP contribution in [0, 0.1) is 23.3 Å². The zero-order valence-corrected chi connectivity index (χ0v) is 8.91. The third kappa shape index (κ3) is 1.88. The van der Waals surface area contributed by atoms with Gasteiger partial charge in [0, 0.05) is 17.7 Å². The highest BCUT2D eigenvalue weighted by Gasteiger charge is 2.22. The number of aromatic nitrogens is 1. The molecule has 1 N–H and O–H groups in total. The van der Waals surface area contributed by atoms with Crippen molar-refractivity contribution in [3.8, 4) is 0 Å². The first-order chi connectivity index (χ1) is 8.06. The quantitative estimate of drug-likeness (QED) is 0.502. The zero-order chi connectivity index (χ0) is 12.6. The first kappa shape index (κ1) is 11.9.